The van der Waals surface area contributed by atoms with E-state index in [0.29, 0.717) is 10.6 Å². The number of carboxylic acids is 1. The van der Waals surface area contributed by atoms with Crippen LogP contribution in [0, 0.1) is 0 Å². The van der Waals surface area contributed by atoms with Crippen molar-refractivity contribution in [2.75, 3.05) is 0 Å². The average molecular weight is 445 g/mol. The maximum Gasteiger partial charge on any atom is 0.335 e. The second-order valence-corrected chi connectivity index (χ2v) is 7.95. The molecule has 0 spiro atoms. The molecule has 3 aromatic carbocycles. The summed E-state index contributed by atoms with van der Waals surface area (Å²) >= 11 is 6.44. The summed E-state index contributed by atoms with van der Waals surface area (Å²) in [6.07, 6.45) is 1.71. The molecule has 0 aliphatic heterocycles. The molecular weight excluding hydrogens is 424 g/mol. The normalized spacial score (nSPS) is 11.8. The van der Waals surface area contributed by atoms with Crippen LogP contribution in [0.25, 0.3) is 10.9 Å². The fraction of sp³-hybridized carbons (Fsp3) is 0.115. The molecule has 0 aliphatic carbocycles. The third-order valence-corrected chi connectivity index (χ3v) is 5.80. The van der Waals surface area contributed by atoms with Crippen molar-refractivity contribution in [3.8, 4) is 0 Å². The number of carbonyl (C=O) groups excluding carboxylic acids is 1. The molecule has 0 radical (unpaired) electrons. The summed E-state index contributed by atoms with van der Waals surface area (Å²) in [7, 11) is 0. The number of nitrogens with zero attached hydrogens (tertiary/aromatic N) is 2. The molecule has 1 atom stereocenters. The number of benzene rings is 3. The van der Waals surface area contributed by atoms with Crippen LogP contribution in [-0.4, -0.2) is 26.9 Å². The summed E-state index contributed by atoms with van der Waals surface area (Å²) in [5.41, 5.74) is 3.05. The number of pyridine rings is 1. The number of hydrogen-bond donors (Lipinski definition) is 1. The largest absolute Gasteiger partial charge is 0.478 e. The Morgan fingerprint density at radius 3 is 2.56 bits per heavy atom. The first-order chi connectivity index (χ1) is 15.4. The van der Waals surface area contributed by atoms with Crippen LogP contribution in [0.15, 0.2) is 85.1 Å². The molecule has 1 aromatic heterocycles. The molecule has 1 amide bonds. The van der Waals surface area contributed by atoms with Crippen molar-refractivity contribution < 1.29 is 14.7 Å². The van der Waals surface area contributed by atoms with Gasteiger partial charge in [0.15, 0.2) is 0 Å². The zero-order chi connectivity index (χ0) is 22.7. The lowest BCUT2D eigenvalue weighted by atomic mass is 10.0. The Bertz CT molecular complexity index is 1310. The predicted molar refractivity (Wildman–Crippen MR) is 125 cm³/mol. The number of aromatic carboxylic acids is 1. The van der Waals surface area contributed by atoms with Gasteiger partial charge in [-0.3, -0.25) is 9.78 Å². The molecule has 0 saturated carbocycles. The quantitative estimate of drug-likeness (QED) is 0.396. The van der Waals surface area contributed by atoms with Crippen LogP contribution in [0.1, 0.15) is 44.8 Å². The molecule has 160 valence electrons. The van der Waals surface area contributed by atoms with E-state index in [4.69, 9.17) is 11.6 Å². The van der Waals surface area contributed by atoms with Crippen molar-refractivity contribution in [2.24, 2.45) is 0 Å². The number of carboxylic acid groups (broad SMARTS) is 1. The summed E-state index contributed by atoms with van der Waals surface area (Å²) in [6, 6.07) is 22.9. The predicted octanol–water partition coefficient (Wildman–Crippen LogP) is 5.99. The van der Waals surface area contributed by atoms with Gasteiger partial charge < -0.3 is 10.0 Å². The molecule has 4 aromatic rings. The second-order valence-electron chi connectivity index (χ2n) is 7.55. The second kappa shape index (κ2) is 9.20. The van der Waals surface area contributed by atoms with E-state index < -0.39 is 5.97 Å². The fourth-order valence-electron chi connectivity index (χ4n) is 3.74. The molecule has 5 nitrogen and oxygen atoms in total. The van der Waals surface area contributed by atoms with Crippen LogP contribution in [0.2, 0.25) is 5.02 Å². The smallest absolute Gasteiger partial charge is 0.335 e. The SMILES string of the molecule is CC(c1ccccc1Cl)N(Cc1cccc(C(=O)O)c1)C(=O)c1ccc2ncccc2c1. The molecule has 1 N–H and O–H groups in total. The molecule has 32 heavy (non-hydrogen) atoms. The number of aromatic nitrogens is 1. The van der Waals surface area contributed by atoms with E-state index in [1.165, 1.54) is 6.07 Å². The van der Waals surface area contributed by atoms with E-state index >= 15 is 0 Å². The van der Waals surface area contributed by atoms with Crippen molar-refractivity contribution in [3.05, 3.63) is 112 Å². The lowest BCUT2D eigenvalue weighted by molar-refractivity contribution is 0.0674. The van der Waals surface area contributed by atoms with E-state index in [0.717, 1.165) is 22.0 Å². The van der Waals surface area contributed by atoms with Crippen LogP contribution >= 0.6 is 11.6 Å². The van der Waals surface area contributed by atoms with Gasteiger partial charge in [-0.1, -0.05) is 48.0 Å². The summed E-state index contributed by atoms with van der Waals surface area (Å²) in [5, 5.41) is 10.8. The minimum absolute atomic E-state index is 0.177. The Labute approximate surface area is 190 Å². The number of halogens is 1. The molecule has 6 heteroatoms. The lowest BCUT2D eigenvalue weighted by Crippen LogP contribution is -2.33. The van der Waals surface area contributed by atoms with Crippen molar-refractivity contribution in [1.29, 1.82) is 0 Å². The maximum atomic E-state index is 13.7. The van der Waals surface area contributed by atoms with Crippen molar-refractivity contribution in [2.45, 2.75) is 19.5 Å². The number of hydrogen-bond acceptors (Lipinski definition) is 3. The Kier molecular flexibility index (Phi) is 6.19. The Balaban J connectivity index is 1.75. The van der Waals surface area contributed by atoms with Crippen LogP contribution in [0.3, 0.4) is 0 Å². The highest BCUT2D eigenvalue weighted by molar-refractivity contribution is 6.31. The van der Waals surface area contributed by atoms with E-state index in [9.17, 15) is 14.7 Å². The van der Waals surface area contributed by atoms with E-state index in [1.807, 2.05) is 55.5 Å². The number of fused-ring (bicyclic) bond motifs is 1. The van der Waals surface area contributed by atoms with Crippen LogP contribution < -0.4 is 0 Å². The van der Waals surface area contributed by atoms with Crippen LogP contribution in [0.5, 0.6) is 0 Å². The van der Waals surface area contributed by atoms with Crippen LogP contribution in [0.4, 0.5) is 0 Å². The van der Waals surface area contributed by atoms with Gasteiger partial charge in [0.05, 0.1) is 17.1 Å². The standard InChI is InChI=1S/C26H21ClN2O3/c1-17(22-9-2-3-10-23(22)27)29(16-18-6-4-7-21(14-18)26(31)32)25(30)20-11-12-24-19(15-20)8-5-13-28-24/h2-15,17H,16H2,1H3,(H,31,32). The summed E-state index contributed by atoms with van der Waals surface area (Å²) in [6.45, 7) is 2.15. The van der Waals surface area contributed by atoms with Crippen molar-refractivity contribution >= 4 is 34.4 Å². The van der Waals surface area contributed by atoms with Gasteiger partial charge in [0, 0.05) is 28.7 Å². The van der Waals surface area contributed by atoms with Crippen molar-refractivity contribution in [3.63, 3.8) is 0 Å². The Morgan fingerprint density at radius 2 is 1.78 bits per heavy atom. The molecule has 0 saturated heterocycles. The fourth-order valence-corrected chi connectivity index (χ4v) is 4.03. The highest BCUT2D eigenvalue weighted by Crippen LogP contribution is 2.30. The van der Waals surface area contributed by atoms with Gasteiger partial charge in [-0.2, -0.15) is 0 Å². The lowest BCUT2D eigenvalue weighted by Gasteiger charge is -2.30. The highest BCUT2D eigenvalue weighted by Gasteiger charge is 2.25. The Morgan fingerprint density at radius 1 is 0.969 bits per heavy atom. The first-order valence-electron chi connectivity index (χ1n) is 10.2. The topological polar surface area (TPSA) is 70.5 Å². The molecule has 0 fully saturated rings. The van der Waals surface area contributed by atoms with Gasteiger partial charge in [-0.05, 0) is 60.5 Å². The average Bonchev–Trinajstić information content (AvgIpc) is 2.82. The van der Waals surface area contributed by atoms with Gasteiger partial charge in [0.25, 0.3) is 5.91 Å². The minimum Gasteiger partial charge on any atom is -0.478 e. The molecule has 0 bridgehead atoms. The molecule has 1 heterocycles. The summed E-state index contributed by atoms with van der Waals surface area (Å²) in [4.78, 5) is 31.1. The van der Waals surface area contributed by atoms with Gasteiger partial charge in [-0.25, -0.2) is 4.79 Å². The first-order valence-corrected chi connectivity index (χ1v) is 10.5. The maximum absolute atomic E-state index is 13.7. The van der Waals surface area contributed by atoms with E-state index in [1.54, 1.807) is 35.4 Å². The van der Waals surface area contributed by atoms with Gasteiger partial charge >= 0.3 is 5.97 Å². The molecule has 1 unspecified atom stereocenters. The zero-order valence-corrected chi connectivity index (χ0v) is 18.2. The number of amides is 1. The summed E-state index contributed by atoms with van der Waals surface area (Å²) in [5.74, 6) is -1.19. The number of rotatable bonds is 6. The van der Waals surface area contributed by atoms with Gasteiger partial charge in [0.2, 0.25) is 0 Å². The van der Waals surface area contributed by atoms with Crippen molar-refractivity contribution in [1.82, 2.24) is 9.88 Å². The zero-order valence-electron chi connectivity index (χ0n) is 17.4. The van der Waals surface area contributed by atoms with Gasteiger partial charge in [-0.15, -0.1) is 0 Å². The first kappa shape index (κ1) is 21.5. The Hall–Kier alpha value is -3.70. The third-order valence-electron chi connectivity index (χ3n) is 5.46. The molecular formula is C26H21ClN2O3. The minimum atomic E-state index is -1.01. The molecule has 0 aliphatic rings. The van der Waals surface area contributed by atoms with E-state index in [-0.39, 0.29) is 24.1 Å². The van der Waals surface area contributed by atoms with E-state index in [2.05, 4.69) is 4.98 Å². The number of carbonyl (C=O) groups is 2. The highest BCUT2D eigenvalue weighted by atomic mass is 35.5. The van der Waals surface area contributed by atoms with Crippen LogP contribution in [-0.2, 0) is 6.54 Å². The monoisotopic (exact) mass is 444 g/mol. The molecule has 4 rings (SSSR count). The third kappa shape index (κ3) is 4.48. The van der Waals surface area contributed by atoms with Gasteiger partial charge in [0.1, 0.15) is 0 Å². The summed E-state index contributed by atoms with van der Waals surface area (Å²) < 4.78 is 0.